The molecule has 2 N–H and O–H groups in total. The van der Waals surface area contributed by atoms with Crippen LogP contribution in [0.15, 0.2) is 47.1 Å². The van der Waals surface area contributed by atoms with E-state index in [1.807, 2.05) is 24.3 Å². The average molecular weight is 335 g/mol. The first-order valence-electron chi connectivity index (χ1n) is 6.27. The Kier molecular flexibility index (Phi) is 5.26. The van der Waals surface area contributed by atoms with Crippen LogP contribution in [0.3, 0.4) is 0 Å². The van der Waals surface area contributed by atoms with Gasteiger partial charge in [0.15, 0.2) is 0 Å². The maximum atomic E-state index is 12.0. The van der Waals surface area contributed by atoms with Crippen molar-refractivity contribution in [3.05, 3.63) is 63.9 Å². The number of aliphatic hydroxyl groups excluding tert-OH is 1. The molecular formula is C15H15BrN2O2. The molecule has 0 unspecified atom stereocenters. The standard InChI is InChI=1S/C15H15BrN2O2/c16-13-3-1-2-11(8-13)10-18-15(20)12-4-6-17-14(9-12)5-7-19/h1-4,6,8-9,19H,5,7,10H2,(H,18,20). The molecule has 0 aliphatic heterocycles. The number of hydrogen-bond donors (Lipinski definition) is 2. The molecule has 4 nitrogen and oxygen atoms in total. The molecule has 0 bridgehead atoms. The predicted molar refractivity (Wildman–Crippen MR) is 80.3 cm³/mol. The Morgan fingerprint density at radius 1 is 1.30 bits per heavy atom. The monoisotopic (exact) mass is 334 g/mol. The van der Waals surface area contributed by atoms with Crippen molar-refractivity contribution in [3.63, 3.8) is 0 Å². The number of nitrogens with zero attached hydrogens (tertiary/aromatic N) is 1. The van der Waals surface area contributed by atoms with Crippen LogP contribution in [0.25, 0.3) is 0 Å². The van der Waals surface area contributed by atoms with Crippen molar-refractivity contribution in [1.82, 2.24) is 10.3 Å². The van der Waals surface area contributed by atoms with E-state index in [4.69, 9.17) is 5.11 Å². The van der Waals surface area contributed by atoms with E-state index in [-0.39, 0.29) is 12.5 Å². The van der Waals surface area contributed by atoms with Gasteiger partial charge >= 0.3 is 0 Å². The molecule has 1 aromatic carbocycles. The summed E-state index contributed by atoms with van der Waals surface area (Å²) < 4.78 is 0.985. The van der Waals surface area contributed by atoms with Gasteiger partial charge in [-0.25, -0.2) is 0 Å². The zero-order valence-corrected chi connectivity index (χ0v) is 12.4. The van der Waals surface area contributed by atoms with Crippen LogP contribution in [0.5, 0.6) is 0 Å². The quantitative estimate of drug-likeness (QED) is 0.881. The lowest BCUT2D eigenvalue weighted by Gasteiger charge is -2.07. The van der Waals surface area contributed by atoms with Gasteiger partial charge in [0.2, 0.25) is 0 Å². The molecule has 0 spiro atoms. The highest BCUT2D eigenvalue weighted by molar-refractivity contribution is 9.10. The van der Waals surface area contributed by atoms with Gasteiger partial charge in [0.05, 0.1) is 0 Å². The third-order valence-electron chi connectivity index (χ3n) is 2.79. The van der Waals surface area contributed by atoms with Gasteiger partial charge in [0, 0.05) is 41.5 Å². The number of benzene rings is 1. The molecule has 0 aliphatic carbocycles. The summed E-state index contributed by atoms with van der Waals surface area (Å²) in [5, 5.41) is 11.7. The molecule has 0 saturated carbocycles. The summed E-state index contributed by atoms with van der Waals surface area (Å²) in [6.45, 7) is 0.492. The molecular weight excluding hydrogens is 320 g/mol. The van der Waals surface area contributed by atoms with Crippen LogP contribution in [-0.4, -0.2) is 22.6 Å². The molecule has 104 valence electrons. The minimum Gasteiger partial charge on any atom is -0.396 e. The van der Waals surface area contributed by atoms with Crippen LogP contribution in [0.4, 0.5) is 0 Å². The molecule has 20 heavy (non-hydrogen) atoms. The van der Waals surface area contributed by atoms with Crippen molar-refractivity contribution in [3.8, 4) is 0 Å². The number of hydrogen-bond acceptors (Lipinski definition) is 3. The second kappa shape index (κ2) is 7.17. The third kappa shape index (κ3) is 4.15. The molecule has 1 amide bonds. The topological polar surface area (TPSA) is 62.2 Å². The van der Waals surface area contributed by atoms with Crippen LogP contribution >= 0.6 is 15.9 Å². The predicted octanol–water partition coefficient (Wildman–Crippen LogP) is 2.31. The second-order valence-corrected chi connectivity index (χ2v) is 5.24. The molecule has 0 radical (unpaired) electrons. The van der Waals surface area contributed by atoms with E-state index in [0.717, 1.165) is 10.0 Å². The van der Waals surface area contributed by atoms with E-state index in [1.54, 1.807) is 18.3 Å². The van der Waals surface area contributed by atoms with Gasteiger partial charge in [-0.2, -0.15) is 0 Å². The first-order valence-corrected chi connectivity index (χ1v) is 7.07. The molecule has 0 atom stereocenters. The van der Waals surface area contributed by atoms with Gasteiger partial charge in [-0.15, -0.1) is 0 Å². The van der Waals surface area contributed by atoms with E-state index >= 15 is 0 Å². The average Bonchev–Trinajstić information content (AvgIpc) is 2.45. The molecule has 2 aromatic rings. The van der Waals surface area contributed by atoms with E-state index < -0.39 is 0 Å². The van der Waals surface area contributed by atoms with Crippen LogP contribution < -0.4 is 5.32 Å². The summed E-state index contributed by atoms with van der Waals surface area (Å²) in [7, 11) is 0. The van der Waals surface area contributed by atoms with Crippen LogP contribution in [0.1, 0.15) is 21.6 Å². The molecule has 0 aliphatic rings. The Morgan fingerprint density at radius 2 is 2.15 bits per heavy atom. The summed E-state index contributed by atoms with van der Waals surface area (Å²) >= 11 is 3.40. The third-order valence-corrected chi connectivity index (χ3v) is 3.28. The van der Waals surface area contributed by atoms with Crippen LogP contribution in [-0.2, 0) is 13.0 Å². The van der Waals surface area contributed by atoms with Crippen molar-refractivity contribution < 1.29 is 9.90 Å². The smallest absolute Gasteiger partial charge is 0.251 e. The van der Waals surface area contributed by atoms with E-state index in [9.17, 15) is 4.79 Å². The normalized spacial score (nSPS) is 10.3. The van der Waals surface area contributed by atoms with Crippen LogP contribution in [0, 0.1) is 0 Å². The minimum atomic E-state index is -0.147. The maximum absolute atomic E-state index is 12.0. The molecule has 0 saturated heterocycles. The fourth-order valence-electron chi connectivity index (χ4n) is 1.80. The minimum absolute atomic E-state index is 0.0239. The second-order valence-electron chi connectivity index (χ2n) is 4.32. The van der Waals surface area contributed by atoms with Crippen molar-refractivity contribution >= 4 is 21.8 Å². The number of halogens is 1. The summed E-state index contributed by atoms with van der Waals surface area (Å²) in [5.74, 6) is -0.147. The summed E-state index contributed by atoms with van der Waals surface area (Å²) in [5.41, 5.74) is 2.29. The van der Waals surface area contributed by atoms with Crippen LogP contribution in [0.2, 0.25) is 0 Å². The van der Waals surface area contributed by atoms with Gasteiger partial charge in [-0.3, -0.25) is 9.78 Å². The first kappa shape index (κ1) is 14.7. The summed E-state index contributed by atoms with van der Waals surface area (Å²) in [6, 6.07) is 11.1. The molecule has 1 heterocycles. The molecule has 5 heteroatoms. The van der Waals surface area contributed by atoms with Gasteiger partial charge in [0.1, 0.15) is 0 Å². The first-order chi connectivity index (χ1) is 9.69. The summed E-state index contributed by atoms with van der Waals surface area (Å²) in [6.07, 6.45) is 2.03. The Morgan fingerprint density at radius 3 is 2.90 bits per heavy atom. The lowest BCUT2D eigenvalue weighted by atomic mass is 10.1. The Balaban J connectivity index is 1.99. The van der Waals surface area contributed by atoms with Gasteiger partial charge < -0.3 is 10.4 Å². The number of carbonyl (C=O) groups is 1. The lowest BCUT2D eigenvalue weighted by molar-refractivity contribution is 0.0950. The number of aliphatic hydroxyl groups is 1. The molecule has 0 fully saturated rings. The highest BCUT2D eigenvalue weighted by atomic mass is 79.9. The van der Waals surface area contributed by atoms with Crippen molar-refractivity contribution in [2.24, 2.45) is 0 Å². The number of carbonyl (C=O) groups excluding carboxylic acids is 1. The Hall–Kier alpha value is -1.72. The largest absolute Gasteiger partial charge is 0.396 e. The number of aromatic nitrogens is 1. The van der Waals surface area contributed by atoms with E-state index in [0.29, 0.717) is 24.2 Å². The highest BCUT2D eigenvalue weighted by Crippen LogP contribution is 2.11. The number of amides is 1. The number of pyridine rings is 1. The fourth-order valence-corrected chi connectivity index (χ4v) is 2.25. The number of rotatable bonds is 5. The Labute approximate surface area is 126 Å². The molecule has 1 aromatic heterocycles. The zero-order chi connectivity index (χ0) is 14.4. The lowest BCUT2D eigenvalue weighted by Crippen LogP contribution is -2.23. The van der Waals surface area contributed by atoms with E-state index in [1.165, 1.54) is 0 Å². The zero-order valence-electron chi connectivity index (χ0n) is 10.8. The number of nitrogens with one attached hydrogen (secondary N) is 1. The summed E-state index contributed by atoms with van der Waals surface area (Å²) in [4.78, 5) is 16.1. The fraction of sp³-hybridized carbons (Fsp3) is 0.200. The highest BCUT2D eigenvalue weighted by Gasteiger charge is 2.06. The van der Waals surface area contributed by atoms with E-state index in [2.05, 4.69) is 26.2 Å². The van der Waals surface area contributed by atoms with Crippen molar-refractivity contribution in [2.45, 2.75) is 13.0 Å². The Bertz CT molecular complexity index is 602. The van der Waals surface area contributed by atoms with Crippen molar-refractivity contribution in [2.75, 3.05) is 6.61 Å². The van der Waals surface area contributed by atoms with Gasteiger partial charge in [-0.05, 0) is 29.8 Å². The van der Waals surface area contributed by atoms with Gasteiger partial charge in [0.25, 0.3) is 5.91 Å². The van der Waals surface area contributed by atoms with Crippen molar-refractivity contribution in [1.29, 1.82) is 0 Å². The van der Waals surface area contributed by atoms with Gasteiger partial charge in [-0.1, -0.05) is 28.1 Å². The molecule has 2 rings (SSSR count). The maximum Gasteiger partial charge on any atom is 0.251 e. The SMILES string of the molecule is O=C(NCc1cccc(Br)c1)c1ccnc(CCO)c1.